The molecule has 0 bridgehead atoms. The first-order valence-electron chi connectivity index (χ1n) is 2.98. The molecule has 1 aliphatic carbocycles. The highest BCUT2D eigenvalue weighted by Crippen LogP contribution is 2.34. The van der Waals surface area contributed by atoms with Gasteiger partial charge in [-0.05, 0) is 25.7 Å². The summed E-state index contributed by atoms with van der Waals surface area (Å²) in [5.74, 6) is -0.113. The van der Waals surface area contributed by atoms with Gasteiger partial charge in [0.15, 0.2) is 6.10 Å². The molecular formula is C7H6F3O. The molecule has 0 amide bonds. The summed E-state index contributed by atoms with van der Waals surface area (Å²) in [6, 6.07) is 0. The SMILES string of the molecule is O[C@H]([C]1[CH][CH][CH][CH]1)C(F)(F)F. The molecule has 1 aliphatic rings. The molecular weight excluding hydrogens is 157 g/mol. The highest BCUT2D eigenvalue weighted by Gasteiger charge is 2.44. The fraction of sp³-hybridized carbons (Fsp3) is 0.286. The Bertz CT molecular complexity index is 126. The minimum absolute atomic E-state index is 0.113. The van der Waals surface area contributed by atoms with Gasteiger partial charge in [0.2, 0.25) is 0 Å². The maximum atomic E-state index is 11.8. The van der Waals surface area contributed by atoms with Crippen LogP contribution >= 0.6 is 0 Å². The Hall–Kier alpha value is -0.250. The minimum Gasteiger partial charge on any atom is -0.383 e. The van der Waals surface area contributed by atoms with E-state index in [0.717, 1.165) is 0 Å². The van der Waals surface area contributed by atoms with Crippen molar-refractivity contribution in [3.8, 4) is 0 Å². The van der Waals surface area contributed by atoms with Crippen molar-refractivity contribution >= 4 is 0 Å². The predicted octanol–water partition coefficient (Wildman–Crippen LogP) is 1.31. The lowest BCUT2D eigenvalue weighted by Crippen LogP contribution is -2.33. The zero-order chi connectivity index (χ0) is 8.48. The molecule has 4 heteroatoms. The molecule has 0 aliphatic heterocycles. The van der Waals surface area contributed by atoms with Crippen LogP contribution in [-0.4, -0.2) is 17.4 Å². The van der Waals surface area contributed by atoms with Gasteiger partial charge in [-0.3, -0.25) is 0 Å². The molecule has 1 N–H and O–H groups in total. The van der Waals surface area contributed by atoms with Crippen LogP contribution in [0, 0.1) is 31.6 Å². The molecule has 5 radical (unpaired) electrons. The topological polar surface area (TPSA) is 20.2 Å². The smallest absolute Gasteiger partial charge is 0.383 e. The third-order valence-corrected chi connectivity index (χ3v) is 1.31. The van der Waals surface area contributed by atoms with Crippen molar-refractivity contribution in [1.82, 2.24) is 0 Å². The Morgan fingerprint density at radius 2 is 1.64 bits per heavy atom. The van der Waals surface area contributed by atoms with Gasteiger partial charge in [-0.2, -0.15) is 13.2 Å². The highest BCUT2D eigenvalue weighted by atomic mass is 19.4. The largest absolute Gasteiger partial charge is 0.414 e. The van der Waals surface area contributed by atoms with Crippen LogP contribution in [0.25, 0.3) is 0 Å². The number of halogens is 3. The third kappa shape index (κ3) is 2.09. The third-order valence-electron chi connectivity index (χ3n) is 1.31. The van der Waals surface area contributed by atoms with E-state index in [-0.39, 0.29) is 5.92 Å². The van der Waals surface area contributed by atoms with Gasteiger partial charge in [0.25, 0.3) is 0 Å². The second kappa shape index (κ2) is 3.01. The lowest BCUT2D eigenvalue weighted by molar-refractivity contribution is -0.195. The van der Waals surface area contributed by atoms with Crippen molar-refractivity contribution in [3.63, 3.8) is 0 Å². The van der Waals surface area contributed by atoms with Crippen molar-refractivity contribution in [3.05, 3.63) is 31.6 Å². The standard InChI is InChI=1S/C7H6F3O/c8-7(9,10)6(11)5-3-1-2-4-5/h1-4,6,11H/t6-/m1/s1. The Kier molecular flexibility index (Phi) is 2.42. The summed E-state index contributed by atoms with van der Waals surface area (Å²) in [7, 11) is 0. The average Bonchev–Trinajstić information content (AvgIpc) is 2.34. The number of hydrogen-bond acceptors (Lipinski definition) is 1. The van der Waals surface area contributed by atoms with Gasteiger partial charge in [0, 0.05) is 5.92 Å². The summed E-state index contributed by atoms with van der Waals surface area (Å²) in [5.41, 5.74) is 0. The van der Waals surface area contributed by atoms with Crippen LogP contribution < -0.4 is 0 Å². The van der Waals surface area contributed by atoms with Crippen molar-refractivity contribution in [2.45, 2.75) is 12.3 Å². The molecule has 11 heavy (non-hydrogen) atoms. The van der Waals surface area contributed by atoms with E-state index in [1.165, 1.54) is 25.7 Å². The predicted molar refractivity (Wildman–Crippen MR) is 32.5 cm³/mol. The van der Waals surface area contributed by atoms with Crippen molar-refractivity contribution in [2.24, 2.45) is 0 Å². The van der Waals surface area contributed by atoms with Gasteiger partial charge >= 0.3 is 6.18 Å². The van der Waals surface area contributed by atoms with E-state index in [9.17, 15) is 13.2 Å². The summed E-state index contributed by atoms with van der Waals surface area (Å²) in [6.07, 6.45) is -1.54. The number of aliphatic hydroxyl groups is 1. The first-order valence-corrected chi connectivity index (χ1v) is 2.98. The van der Waals surface area contributed by atoms with Crippen LogP contribution in [0.1, 0.15) is 0 Å². The molecule has 0 unspecified atom stereocenters. The molecule has 1 nitrogen and oxygen atoms in total. The zero-order valence-corrected chi connectivity index (χ0v) is 5.47. The van der Waals surface area contributed by atoms with E-state index in [1.54, 1.807) is 0 Å². The van der Waals surface area contributed by atoms with E-state index in [4.69, 9.17) is 5.11 Å². The maximum Gasteiger partial charge on any atom is 0.414 e. The van der Waals surface area contributed by atoms with Crippen molar-refractivity contribution < 1.29 is 18.3 Å². The van der Waals surface area contributed by atoms with Gasteiger partial charge < -0.3 is 5.11 Å². The van der Waals surface area contributed by atoms with Crippen molar-refractivity contribution in [2.75, 3.05) is 0 Å². The van der Waals surface area contributed by atoms with Crippen LogP contribution in [0.5, 0.6) is 0 Å². The van der Waals surface area contributed by atoms with E-state index in [2.05, 4.69) is 0 Å². The quantitative estimate of drug-likeness (QED) is 0.618. The second-order valence-electron chi connectivity index (χ2n) is 2.16. The molecule has 0 aromatic rings. The number of aliphatic hydroxyl groups excluding tert-OH is 1. The summed E-state index contributed by atoms with van der Waals surface area (Å²) < 4.78 is 35.3. The lowest BCUT2D eigenvalue weighted by Gasteiger charge is -2.18. The van der Waals surface area contributed by atoms with Crippen LogP contribution in [0.2, 0.25) is 0 Å². The Labute approximate surface area is 63.2 Å². The number of rotatable bonds is 1. The van der Waals surface area contributed by atoms with Gasteiger partial charge in [0.1, 0.15) is 0 Å². The maximum absolute atomic E-state index is 11.8. The monoisotopic (exact) mass is 163 g/mol. The lowest BCUT2D eigenvalue weighted by atomic mass is 10.0. The second-order valence-corrected chi connectivity index (χ2v) is 2.16. The molecule has 1 rings (SSSR count). The molecule has 1 fully saturated rings. The van der Waals surface area contributed by atoms with Crippen LogP contribution in [0.15, 0.2) is 0 Å². The van der Waals surface area contributed by atoms with Crippen LogP contribution in [-0.2, 0) is 0 Å². The van der Waals surface area contributed by atoms with Gasteiger partial charge in [-0.25, -0.2) is 0 Å². The summed E-state index contributed by atoms with van der Waals surface area (Å²) in [4.78, 5) is 0. The van der Waals surface area contributed by atoms with Crippen LogP contribution in [0.3, 0.4) is 0 Å². The van der Waals surface area contributed by atoms with E-state index in [0.29, 0.717) is 0 Å². The number of hydrogen-bond donors (Lipinski definition) is 1. The molecule has 0 aromatic heterocycles. The van der Waals surface area contributed by atoms with Crippen LogP contribution in [0.4, 0.5) is 13.2 Å². The highest BCUT2D eigenvalue weighted by molar-refractivity contribution is 5.38. The van der Waals surface area contributed by atoms with Crippen molar-refractivity contribution in [1.29, 1.82) is 0 Å². The molecule has 0 heterocycles. The number of alkyl halides is 3. The molecule has 0 saturated heterocycles. The Morgan fingerprint density at radius 3 is 2.00 bits per heavy atom. The van der Waals surface area contributed by atoms with Gasteiger partial charge in [-0.1, -0.05) is 0 Å². The van der Waals surface area contributed by atoms with Gasteiger partial charge in [-0.15, -0.1) is 0 Å². The Morgan fingerprint density at radius 1 is 1.18 bits per heavy atom. The molecule has 0 aromatic carbocycles. The normalized spacial score (nSPS) is 24.0. The van der Waals surface area contributed by atoms with E-state index in [1.807, 2.05) is 0 Å². The minimum atomic E-state index is -4.56. The van der Waals surface area contributed by atoms with Gasteiger partial charge in [0.05, 0.1) is 0 Å². The van der Waals surface area contributed by atoms with E-state index < -0.39 is 12.3 Å². The molecule has 0 spiro atoms. The van der Waals surface area contributed by atoms with E-state index >= 15 is 0 Å². The molecule has 1 atom stereocenters. The fourth-order valence-electron chi connectivity index (χ4n) is 0.760. The molecule has 1 saturated carbocycles. The first-order chi connectivity index (χ1) is 5.02. The Balaban J connectivity index is 2.46. The molecule has 61 valence electrons. The summed E-state index contributed by atoms with van der Waals surface area (Å²) >= 11 is 0. The summed E-state index contributed by atoms with van der Waals surface area (Å²) in [6.45, 7) is 0. The average molecular weight is 163 g/mol. The fourth-order valence-corrected chi connectivity index (χ4v) is 0.760. The zero-order valence-electron chi connectivity index (χ0n) is 5.47. The summed E-state index contributed by atoms with van der Waals surface area (Å²) in [5, 5.41) is 8.62. The first kappa shape index (κ1) is 8.84.